The average Bonchev–Trinajstić information content (AvgIpc) is 1.64. The number of allylic oxidation sites excluding steroid dienone is 1. The van der Waals surface area contributed by atoms with E-state index in [0.717, 1.165) is 10.7 Å². The first-order valence-electron chi connectivity index (χ1n) is 2.43. The predicted octanol–water partition coefficient (Wildman–Crippen LogP) is 2.17. The minimum Gasteiger partial charge on any atom is -0.243 e. The Morgan fingerprint density at radius 2 is 2.38 bits per heavy atom. The quantitative estimate of drug-likeness (QED) is 0.452. The topological polar surface area (TPSA) is 12.4 Å². The highest BCUT2D eigenvalue weighted by Crippen LogP contribution is 2.11. The fourth-order valence-electron chi connectivity index (χ4n) is 0.495. The summed E-state index contributed by atoms with van der Waals surface area (Å²) in [7, 11) is 0. The molecule has 1 nitrogen and oxygen atoms in total. The number of aliphatic imine (C=N–C) groups is 1. The van der Waals surface area contributed by atoms with Gasteiger partial charge in [0.25, 0.3) is 0 Å². The van der Waals surface area contributed by atoms with Crippen LogP contribution < -0.4 is 0 Å². The SMILES string of the molecule is CC1=C=CSC(C)=N1. The Bertz CT molecular complexity index is 185. The van der Waals surface area contributed by atoms with E-state index in [1.54, 1.807) is 11.8 Å². The Kier molecular flexibility index (Phi) is 1.56. The Morgan fingerprint density at radius 3 is 2.75 bits per heavy atom. The van der Waals surface area contributed by atoms with Crippen molar-refractivity contribution < 1.29 is 0 Å². The van der Waals surface area contributed by atoms with Crippen molar-refractivity contribution in [3.63, 3.8) is 0 Å². The summed E-state index contributed by atoms with van der Waals surface area (Å²) in [6.07, 6.45) is 0. The molecule has 0 fully saturated rings. The lowest BCUT2D eigenvalue weighted by Crippen LogP contribution is -1.83. The molecule has 0 aromatic heterocycles. The summed E-state index contributed by atoms with van der Waals surface area (Å²) >= 11 is 1.61. The van der Waals surface area contributed by atoms with Gasteiger partial charge in [-0.15, -0.1) is 0 Å². The Morgan fingerprint density at radius 1 is 1.62 bits per heavy atom. The fraction of sp³-hybridized carbons (Fsp3) is 0.333. The molecule has 1 aliphatic heterocycles. The molecule has 1 aliphatic rings. The monoisotopic (exact) mass is 125 g/mol. The van der Waals surface area contributed by atoms with Crippen molar-refractivity contribution in [2.24, 2.45) is 4.99 Å². The highest BCUT2D eigenvalue weighted by Gasteiger charge is 1.91. The molecule has 8 heavy (non-hydrogen) atoms. The predicted molar refractivity (Wildman–Crippen MR) is 38.0 cm³/mol. The molecule has 0 aliphatic carbocycles. The third-order valence-electron chi connectivity index (χ3n) is 0.822. The summed E-state index contributed by atoms with van der Waals surface area (Å²) in [5.74, 6) is 0. The molecular weight excluding hydrogens is 118 g/mol. The van der Waals surface area contributed by atoms with Crippen molar-refractivity contribution in [2.45, 2.75) is 13.8 Å². The van der Waals surface area contributed by atoms with E-state index < -0.39 is 0 Å². The van der Waals surface area contributed by atoms with Crippen molar-refractivity contribution in [3.8, 4) is 0 Å². The summed E-state index contributed by atoms with van der Waals surface area (Å²) in [5, 5.41) is 3.03. The van der Waals surface area contributed by atoms with E-state index >= 15 is 0 Å². The van der Waals surface area contributed by atoms with E-state index in [1.165, 1.54) is 0 Å². The molecule has 0 saturated heterocycles. The summed E-state index contributed by atoms with van der Waals surface area (Å²) in [5.41, 5.74) is 3.95. The van der Waals surface area contributed by atoms with Crippen LogP contribution in [0.4, 0.5) is 0 Å². The standard InChI is InChI=1S/C6H7NS/c1-5-3-4-8-6(2)7-5/h4H,1-2H3. The lowest BCUT2D eigenvalue weighted by Gasteiger charge is -1.96. The number of rotatable bonds is 0. The molecule has 0 aromatic carbocycles. The van der Waals surface area contributed by atoms with Gasteiger partial charge in [-0.25, -0.2) is 4.99 Å². The minimum absolute atomic E-state index is 0.973. The van der Waals surface area contributed by atoms with Gasteiger partial charge < -0.3 is 0 Å². The second-order valence-corrected chi connectivity index (χ2v) is 2.66. The maximum absolute atomic E-state index is 4.14. The smallest absolute Gasteiger partial charge is 0.0804 e. The van der Waals surface area contributed by atoms with Crippen LogP contribution in [0.15, 0.2) is 21.8 Å². The molecule has 0 N–H and O–H groups in total. The number of hydrogen-bond acceptors (Lipinski definition) is 2. The molecule has 42 valence electrons. The van der Waals surface area contributed by atoms with Gasteiger partial charge in [0, 0.05) is 5.41 Å². The maximum Gasteiger partial charge on any atom is 0.0804 e. The zero-order valence-electron chi connectivity index (χ0n) is 4.93. The van der Waals surface area contributed by atoms with Gasteiger partial charge in [0.05, 0.1) is 10.7 Å². The van der Waals surface area contributed by atoms with Crippen molar-refractivity contribution in [1.29, 1.82) is 0 Å². The first kappa shape index (κ1) is 5.67. The van der Waals surface area contributed by atoms with Crippen molar-refractivity contribution >= 4 is 16.8 Å². The first-order chi connectivity index (χ1) is 3.79. The number of thioether (sulfide) groups is 1. The maximum atomic E-state index is 4.14. The van der Waals surface area contributed by atoms with Crippen molar-refractivity contribution in [2.75, 3.05) is 0 Å². The highest BCUT2D eigenvalue weighted by molar-refractivity contribution is 8.16. The summed E-state index contributed by atoms with van der Waals surface area (Å²) < 4.78 is 0. The Balaban J connectivity index is 2.90. The first-order valence-corrected chi connectivity index (χ1v) is 3.31. The highest BCUT2D eigenvalue weighted by atomic mass is 32.2. The molecular formula is C6H7NS. The van der Waals surface area contributed by atoms with Crippen LogP contribution in [0.25, 0.3) is 0 Å². The van der Waals surface area contributed by atoms with Crippen LogP contribution in [0.2, 0.25) is 0 Å². The molecule has 1 heterocycles. The van der Waals surface area contributed by atoms with E-state index in [0.29, 0.717) is 0 Å². The van der Waals surface area contributed by atoms with Crippen LogP contribution in [0.3, 0.4) is 0 Å². The van der Waals surface area contributed by atoms with Gasteiger partial charge in [-0.2, -0.15) is 0 Å². The third kappa shape index (κ3) is 1.25. The van der Waals surface area contributed by atoms with Crippen molar-refractivity contribution in [1.82, 2.24) is 0 Å². The molecule has 0 spiro atoms. The second-order valence-electron chi connectivity index (χ2n) is 1.60. The molecule has 0 amide bonds. The molecule has 0 bridgehead atoms. The van der Waals surface area contributed by atoms with Crippen LogP contribution in [-0.2, 0) is 0 Å². The van der Waals surface area contributed by atoms with E-state index in [4.69, 9.17) is 0 Å². The molecule has 0 atom stereocenters. The van der Waals surface area contributed by atoms with E-state index in [9.17, 15) is 0 Å². The van der Waals surface area contributed by atoms with E-state index in [-0.39, 0.29) is 0 Å². The third-order valence-corrected chi connectivity index (χ3v) is 1.49. The largest absolute Gasteiger partial charge is 0.243 e. The van der Waals surface area contributed by atoms with Crippen molar-refractivity contribution in [3.05, 3.63) is 16.8 Å². The Labute approximate surface area is 53.2 Å². The normalized spacial score (nSPS) is 17.8. The summed E-state index contributed by atoms with van der Waals surface area (Å²) in [6, 6.07) is 0. The van der Waals surface area contributed by atoms with Gasteiger partial charge in [0.15, 0.2) is 0 Å². The fourth-order valence-corrected chi connectivity index (χ4v) is 1.08. The Hall–Kier alpha value is -0.460. The van der Waals surface area contributed by atoms with Crippen LogP contribution in [-0.4, -0.2) is 5.04 Å². The molecule has 2 heteroatoms. The lowest BCUT2D eigenvalue weighted by molar-refractivity contribution is 1.32. The van der Waals surface area contributed by atoms with Gasteiger partial charge in [-0.1, -0.05) is 17.5 Å². The van der Waals surface area contributed by atoms with E-state index in [2.05, 4.69) is 10.7 Å². The zero-order chi connectivity index (χ0) is 5.98. The lowest BCUT2D eigenvalue weighted by atomic mass is 10.5. The summed E-state index contributed by atoms with van der Waals surface area (Å²) in [6.45, 7) is 3.94. The van der Waals surface area contributed by atoms with Gasteiger partial charge in [0.1, 0.15) is 0 Å². The number of hydrogen-bond donors (Lipinski definition) is 0. The van der Waals surface area contributed by atoms with E-state index in [1.807, 2.05) is 19.3 Å². The molecule has 1 rings (SSSR count). The van der Waals surface area contributed by atoms with Crippen LogP contribution in [0, 0.1) is 0 Å². The summed E-state index contributed by atoms with van der Waals surface area (Å²) in [4.78, 5) is 4.14. The van der Waals surface area contributed by atoms with Gasteiger partial charge in [-0.3, -0.25) is 0 Å². The van der Waals surface area contributed by atoms with Gasteiger partial charge in [-0.05, 0) is 13.8 Å². The minimum atomic E-state index is 0.973. The average molecular weight is 125 g/mol. The van der Waals surface area contributed by atoms with Crippen LogP contribution in [0.1, 0.15) is 13.8 Å². The molecule has 0 unspecified atom stereocenters. The molecule has 0 radical (unpaired) electrons. The molecule has 0 saturated carbocycles. The second kappa shape index (κ2) is 2.21. The van der Waals surface area contributed by atoms with Crippen LogP contribution >= 0.6 is 11.8 Å². The van der Waals surface area contributed by atoms with Gasteiger partial charge >= 0.3 is 0 Å². The van der Waals surface area contributed by atoms with Gasteiger partial charge in [0.2, 0.25) is 0 Å². The van der Waals surface area contributed by atoms with Crippen LogP contribution in [0.5, 0.6) is 0 Å². The number of nitrogens with zero attached hydrogens (tertiary/aromatic N) is 1. The molecule has 0 aromatic rings. The zero-order valence-corrected chi connectivity index (χ0v) is 5.75.